The van der Waals surface area contributed by atoms with Crippen LogP contribution < -0.4 is 5.32 Å². The van der Waals surface area contributed by atoms with E-state index < -0.39 is 0 Å². The first-order valence-corrected chi connectivity index (χ1v) is 7.89. The first-order valence-electron chi connectivity index (χ1n) is 7.89. The van der Waals surface area contributed by atoms with Crippen molar-refractivity contribution in [2.75, 3.05) is 18.5 Å². The van der Waals surface area contributed by atoms with Crippen LogP contribution in [0.1, 0.15) is 37.3 Å². The van der Waals surface area contributed by atoms with Crippen molar-refractivity contribution in [3.63, 3.8) is 0 Å². The number of nitrogens with one attached hydrogen (secondary N) is 1. The van der Waals surface area contributed by atoms with Gasteiger partial charge in [0, 0.05) is 32.2 Å². The molecule has 7 nitrogen and oxygen atoms in total. The van der Waals surface area contributed by atoms with Gasteiger partial charge in [-0.05, 0) is 25.7 Å². The predicted octanol–water partition coefficient (Wildman–Crippen LogP) is 2.14. The number of imidazole rings is 1. The van der Waals surface area contributed by atoms with E-state index in [-0.39, 0.29) is 6.04 Å². The third-order valence-electron chi connectivity index (χ3n) is 4.17. The molecule has 1 fully saturated rings. The normalized spacial score (nSPS) is 16.7. The molecule has 0 bridgehead atoms. The summed E-state index contributed by atoms with van der Waals surface area (Å²) in [4.78, 5) is 12.9. The fraction of sp³-hybridized carbons (Fsp3) is 0.500. The van der Waals surface area contributed by atoms with Gasteiger partial charge in [0.25, 0.3) is 0 Å². The number of aromatic nitrogens is 4. The number of aryl methyl sites for hydroxylation is 1. The Hall–Kier alpha value is -2.46. The van der Waals surface area contributed by atoms with Crippen molar-refractivity contribution in [3.8, 4) is 6.07 Å². The molecule has 1 aliphatic heterocycles. The highest BCUT2D eigenvalue weighted by atomic mass is 16.5. The summed E-state index contributed by atoms with van der Waals surface area (Å²) in [7, 11) is 0. The molecule has 7 heteroatoms. The van der Waals surface area contributed by atoms with Gasteiger partial charge in [0.15, 0.2) is 5.69 Å². The Morgan fingerprint density at radius 3 is 2.83 bits per heavy atom. The van der Waals surface area contributed by atoms with Gasteiger partial charge in [0.2, 0.25) is 0 Å². The van der Waals surface area contributed by atoms with Crippen molar-refractivity contribution in [1.29, 1.82) is 5.26 Å². The maximum atomic E-state index is 8.83. The molecule has 0 amide bonds. The maximum Gasteiger partial charge on any atom is 0.158 e. The largest absolute Gasteiger partial charge is 0.381 e. The van der Waals surface area contributed by atoms with E-state index in [1.165, 1.54) is 6.20 Å². The minimum absolute atomic E-state index is 0.0519. The van der Waals surface area contributed by atoms with Crippen LogP contribution in [-0.4, -0.2) is 32.7 Å². The summed E-state index contributed by atoms with van der Waals surface area (Å²) in [5.74, 6) is 2.09. The first kappa shape index (κ1) is 15.4. The molecular weight excluding hydrogens is 292 g/mol. The molecule has 2 aromatic heterocycles. The van der Waals surface area contributed by atoms with Crippen LogP contribution in [0.2, 0.25) is 0 Å². The number of nitriles is 1. The van der Waals surface area contributed by atoms with Crippen molar-refractivity contribution in [2.45, 2.75) is 32.4 Å². The standard InChI is InChI=1S/C16H20N6O/c1-2-22-6-5-18-16(22)15(12-3-7-23-8-4-12)21-14-11-19-13(9-17)10-20-14/h5-6,10-12,15H,2-4,7-8H2,1H3,(H,20,21). The summed E-state index contributed by atoms with van der Waals surface area (Å²) in [5, 5.41) is 12.3. The zero-order valence-electron chi connectivity index (χ0n) is 13.1. The first-order chi connectivity index (χ1) is 11.3. The van der Waals surface area contributed by atoms with Gasteiger partial charge in [-0.3, -0.25) is 0 Å². The van der Waals surface area contributed by atoms with Crippen molar-refractivity contribution in [2.24, 2.45) is 5.92 Å². The summed E-state index contributed by atoms with van der Waals surface area (Å²) in [6.45, 7) is 4.52. The van der Waals surface area contributed by atoms with Crippen LogP contribution in [0, 0.1) is 17.2 Å². The second kappa shape index (κ2) is 7.20. The molecule has 0 aromatic carbocycles. The van der Waals surface area contributed by atoms with Gasteiger partial charge in [0.1, 0.15) is 17.7 Å². The van der Waals surface area contributed by atoms with Gasteiger partial charge < -0.3 is 14.6 Å². The van der Waals surface area contributed by atoms with E-state index in [0.717, 1.165) is 38.4 Å². The number of hydrogen-bond donors (Lipinski definition) is 1. The minimum Gasteiger partial charge on any atom is -0.381 e. The molecule has 1 N–H and O–H groups in total. The highest BCUT2D eigenvalue weighted by molar-refractivity contribution is 5.36. The fourth-order valence-corrected chi connectivity index (χ4v) is 2.93. The Bertz CT molecular complexity index is 669. The molecule has 1 atom stereocenters. The van der Waals surface area contributed by atoms with Crippen LogP contribution in [-0.2, 0) is 11.3 Å². The van der Waals surface area contributed by atoms with E-state index in [1.807, 2.05) is 18.5 Å². The van der Waals surface area contributed by atoms with Crippen LogP contribution >= 0.6 is 0 Å². The molecule has 23 heavy (non-hydrogen) atoms. The van der Waals surface area contributed by atoms with Gasteiger partial charge in [-0.15, -0.1) is 0 Å². The molecule has 1 aliphatic rings. The molecule has 3 heterocycles. The molecule has 0 saturated carbocycles. The van der Waals surface area contributed by atoms with Crippen LogP contribution in [0.5, 0.6) is 0 Å². The summed E-state index contributed by atoms with van der Waals surface area (Å²) in [6.07, 6.45) is 8.88. The van der Waals surface area contributed by atoms with Gasteiger partial charge in [-0.1, -0.05) is 0 Å². The monoisotopic (exact) mass is 312 g/mol. The fourth-order valence-electron chi connectivity index (χ4n) is 2.93. The molecule has 1 unspecified atom stereocenters. The Morgan fingerprint density at radius 2 is 2.17 bits per heavy atom. The van der Waals surface area contributed by atoms with E-state index >= 15 is 0 Å². The molecular formula is C16H20N6O. The van der Waals surface area contributed by atoms with Gasteiger partial charge in [-0.25, -0.2) is 15.0 Å². The molecule has 2 aromatic rings. The number of hydrogen-bond acceptors (Lipinski definition) is 6. The second-order valence-corrected chi connectivity index (χ2v) is 5.54. The van der Waals surface area contributed by atoms with Crippen molar-refractivity contribution in [1.82, 2.24) is 19.5 Å². The van der Waals surface area contributed by atoms with Crippen LogP contribution in [0.3, 0.4) is 0 Å². The van der Waals surface area contributed by atoms with Crippen LogP contribution in [0.25, 0.3) is 0 Å². The Kier molecular flexibility index (Phi) is 4.83. The molecule has 0 radical (unpaired) electrons. The quantitative estimate of drug-likeness (QED) is 0.910. The van der Waals surface area contributed by atoms with E-state index in [1.54, 1.807) is 6.20 Å². The van der Waals surface area contributed by atoms with Crippen LogP contribution in [0.15, 0.2) is 24.8 Å². The molecule has 3 rings (SSSR count). The molecule has 0 spiro atoms. The van der Waals surface area contributed by atoms with Gasteiger partial charge in [-0.2, -0.15) is 5.26 Å². The van der Waals surface area contributed by atoms with Gasteiger partial charge >= 0.3 is 0 Å². The number of nitrogens with zero attached hydrogens (tertiary/aromatic N) is 5. The van der Waals surface area contributed by atoms with Gasteiger partial charge in [0.05, 0.1) is 18.4 Å². The maximum absolute atomic E-state index is 8.83. The predicted molar refractivity (Wildman–Crippen MR) is 84.6 cm³/mol. The lowest BCUT2D eigenvalue weighted by atomic mass is 9.91. The lowest BCUT2D eigenvalue weighted by molar-refractivity contribution is 0.0593. The summed E-state index contributed by atoms with van der Waals surface area (Å²) < 4.78 is 7.63. The average molecular weight is 312 g/mol. The van der Waals surface area contributed by atoms with E-state index in [0.29, 0.717) is 17.4 Å². The zero-order chi connectivity index (χ0) is 16.1. The number of ether oxygens (including phenoxy) is 1. The third-order valence-corrected chi connectivity index (χ3v) is 4.17. The average Bonchev–Trinajstić information content (AvgIpc) is 3.09. The van der Waals surface area contributed by atoms with Crippen molar-refractivity contribution >= 4 is 5.82 Å². The summed E-state index contributed by atoms with van der Waals surface area (Å²) in [6, 6.07) is 2.03. The Labute approximate surface area is 135 Å². The molecule has 1 saturated heterocycles. The number of anilines is 1. The smallest absolute Gasteiger partial charge is 0.158 e. The van der Waals surface area contributed by atoms with Crippen molar-refractivity contribution < 1.29 is 4.74 Å². The SMILES string of the molecule is CCn1ccnc1C(Nc1cnc(C#N)cn1)C1CCOCC1. The summed E-state index contributed by atoms with van der Waals surface area (Å²) in [5.41, 5.74) is 0.313. The van der Waals surface area contributed by atoms with Crippen LogP contribution in [0.4, 0.5) is 5.82 Å². The third kappa shape index (κ3) is 3.48. The lowest BCUT2D eigenvalue weighted by Crippen LogP contribution is -2.29. The topological polar surface area (TPSA) is 88.7 Å². The van der Waals surface area contributed by atoms with Crippen molar-refractivity contribution in [3.05, 3.63) is 36.3 Å². The lowest BCUT2D eigenvalue weighted by Gasteiger charge is -2.31. The van der Waals surface area contributed by atoms with E-state index in [4.69, 9.17) is 10.00 Å². The number of rotatable bonds is 5. The van der Waals surface area contributed by atoms with E-state index in [9.17, 15) is 0 Å². The highest BCUT2D eigenvalue weighted by Gasteiger charge is 2.28. The Morgan fingerprint density at radius 1 is 1.35 bits per heavy atom. The molecule has 120 valence electrons. The van der Waals surface area contributed by atoms with E-state index in [2.05, 4.69) is 31.8 Å². The summed E-state index contributed by atoms with van der Waals surface area (Å²) >= 11 is 0. The second-order valence-electron chi connectivity index (χ2n) is 5.54. The zero-order valence-corrected chi connectivity index (χ0v) is 13.1. The highest BCUT2D eigenvalue weighted by Crippen LogP contribution is 2.31. The Balaban J connectivity index is 1.86. The molecule has 0 aliphatic carbocycles. The minimum atomic E-state index is 0.0519.